The van der Waals surface area contributed by atoms with E-state index in [0.29, 0.717) is 38.8 Å². The van der Waals surface area contributed by atoms with Crippen LogP contribution in [0.25, 0.3) is 0 Å². The van der Waals surface area contributed by atoms with Crippen LogP contribution >= 0.6 is 0 Å². The van der Waals surface area contributed by atoms with Gasteiger partial charge in [0.15, 0.2) is 0 Å². The van der Waals surface area contributed by atoms with Crippen LogP contribution in [0.5, 0.6) is 0 Å². The Labute approximate surface area is 140 Å². The van der Waals surface area contributed by atoms with Gasteiger partial charge in [-0.1, -0.05) is 5.16 Å². The number of aromatic nitrogens is 1. The van der Waals surface area contributed by atoms with E-state index in [4.69, 9.17) is 4.52 Å². The van der Waals surface area contributed by atoms with Gasteiger partial charge in [0.05, 0.1) is 12.2 Å². The molecule has 0 saturated carbocycles. The SMILES string of the molecule is Cc1noc(C)c1CCC(=O)N1CCC(N2C(=O)CNC2=O)CC1. The Kier molecular flexibility index (Phi) is 4.55. The highest BCUT2D eigenvalue weighted by atomic mass is 16.5. The molecular weight excluding hydrogens is 312 g/mol. The summed E-state index contributed by atoms with van der Waals surface area (Å²) in [5.74, 6) is 0.673. The zero-order valence-corrected chi connectivity index (χ0v) is 14.0. The Morgan fingerprint density at radius 3 is 2.54 bits per heavy atom. The Morgan fingerprint density at radius 1 is 1.29 bits per heavy atom. The lowest BCUT2D eigenvalue weighted by Gasteiger charge is -2.35. The highest BCUT2D eigenvalue weighted by molar-refractivity contribution is 6.02. The number of rotatable bonds is 4. The van der Waals surface area contributed by atoms with Crippen LogP contribution in [0, 0.1) is 13.8 Å². The highest BCUT2D eigenvalue weighted by Crippen LogP contribution is 2.20. The molecule has 0 spiro atoms. The molecule has 0 aliphatic carbocycles. The molecule has 8 nitrogen and oxygen atoms in total. The Morgan fingerprint density at radius 2 is 2.00 bits per heavy atom. The zero-order chi connectivity index (χ0) is 17.3. The maximum atomic E-state index is 12.4. The third-order valence-electron chi connectivity index (χ3n) is 4.83. The highest BCUT2D eigenvalue weighted by Gasteiger charge is 2.37. The predicted molar refractivity (Wildman–Crippen MR) is 84.1 cm³/mol. The van der Waals surface area contributed by atoms with Crippen molar-refractivity contribution in [2.75, 3.05) is 19.6 Å². The van der Waals surface area contributed by atoms with Crippen molar-refractivity contribution in [2.24, 2.45) is 0 Å². The number of carbonyl (C=O) groups is 3. The van der Waals surface area contributed by atoms with E-state index in [1.165, 1.54) is 4.90 Å². The second-order valence-corrected chi connectivity index (χ2v) is 6.34. The Hall–Kier alpha value is -2.38. The van der Waals surface area contributed by atoms with Crippen molar-refractivity contribution in [3.05, 3.63) is 17.0 Å². The minimum absolute atomic E-state index is 0.0788. The van der Waals surface area contributed by atoms with Crippen LogP contribution in [-0.4, -0.2) is 58.5 Å². The van der Waals surface area contributed by atoms with Crippen LogP contribution < -0.4 is 5.32 Å². The van der Waals surface area contributed by atoms with Gasteiger partial charge in [0.25, 0.3) is 0 Å². The van der Waals surface area contributed by atoms with Gasteiger partial charge in [-0.3, -0.25) is 14.5 Å². The third kappa shape index (κ3) is 3.13. The number of piperidine rings is 1. The lowest BCUT2D eigenvalue weighted by Crippen LogP contribution is -2.49. The van der Waals surface area contributed by atoms with E-state index in [2.05, 4.69) is 10.5 Å². The molecule has 4 amide bonds. The number of carbonyl (C=O) groups excluding carboxylic acids is 3. The average Bonchev–Trinajstić information content (AvgIpc) is 3.07. The van der Waals surface area contributed by atoms with Crippen molar-refractivity contribution in [3.8, 4) is 0 Å². The standard InChI is InChI=1S/C16H22N4O4/c1-10-13(11(2)24-18-10)3-4-14(21)19-7-5-12(6-8-19)20-15(22)9-17-16(20)23/h12H,3-9H2,1-2H3,(H,17,23). The fourth-order valence-corrected chi connectivity index (χ4v) is 3.43. The largest absolute Gasteiger partial charge is 0.361 e. The van der Waals surface area contributed by atoms with Gasteiger partial charge in [-0.05, 0) is 33.1 Å². The first-order chi connectivity index (χ1) is 11.5. The fourth-order valence-electron chi connectivity index (χ4n) is 3.43. The average molecular weight is 334 g/mol. The molecule has 2 saturated heterocycles. The van der Waals surface area contributed by atoms with E-state index in [1.54, 1.807) is 0 Å². The lowest BCUT2D eigenvalue weighted by molar-refractivity contribution is -0.133. The maximum absolute atomic E-state index is 12.4. The monoisotopic (exact) mass is 334 g/mol. The van der Waals surface area contributed by atoms with E-state index >= 15 is 0 Å². The summed E-state index contributed by atoms with van der Waals surface area (Å²) in [7, 11) is 0. The van der Waals surface area contributed by atoms with Gasteiger partial charge in [0.1, 0.15) is 5.76 Å². The molecule has 3 heterocycles. The number of nitrogens with zero attached hydrogens (tertiary/aromatic N) is 3. The molecule has 1 aromatic rings. The topological polar surface area (TPSA) is 95.8 Å². The van der Waals surface area contributed by atoms with Crippen LogP contribution in [0.3, 0.4) is 0 Å². The van der Waals surface area contributed by atoms with Crippen molar-refractivity contribution >= 4 is 17.8 Å². The van der Waals surface area contributed by atoms with Crippen molar-refractivity contribution in [3.63, 3.8) is 0 Å². The first-order valence-electron chi connectivity index (χ1n) is 8.26. The Balaban J connectivity index is 1.50. The molecule has 2 fully saturated rings. The van der Waals surface area contributed by atoms with Crippen molar-refractivity contribution in [2.45, 2.75) is 45.6 Å². The number of likely N-dealkylation sites (tertiary alicyclic amines) is 1. The summed E-state index contributed by atoms with van der Waals surface area (Å²) in [6.45, 7) is 4.95. The summed E-state index contributed by atoms with van der Waals surface area (Å²) in [4.78, 5) is 39.0. The summed E-state index contributed by atoms with van der Waals surface area (Å²) in [6, 6.07) is -0.421. The van der Waals surface area contributed by atoms with Crippen molar-refractivity contribution in [1.82, 2.24) is 20.3 Å². The number of hydrogen-bond donors (Lipinski definition) is 1. The summed E-state index contributed by atoms with van der Waals surface area (Å²) >= 11 is 0. The summed E-state index contributed by atoms with van der Waals surface area (Å²) < 4.78 is 5.11. The van der Waals surface area contributed by atoms with E-state index in [0.717, 1.165) is 17.0 Å². The van der Waals surface area contributed by atoms with Gasteiger partial charge in [0.2, 0.25) is 11.8 Å². The molecule has 0 bridgehead atoms. The number of aryl methyl sites for hydroxylation is 2. The van der Waals surface area contributed by atoms with Crippen LogP contribution in [0.2, 0.25) is 0 Å². The van der Waals surface area contributed by atoms with Gasteiger partial charge in [-0.2, -0.15) is 0 Å². The molecule has 8 heteroatoms. The van der Waals surface area contributed by atoms with Crippen LogP contribution in [-0.2, 0) is 16.0 Å². The van der Waals surface area contributed by atoms with E-state index in [1.807, 2.05) is 18.7 Å². The molecule has 1 aromatic heterocycles. The quantitative estimate of drug-likeness (QED) is 0.821. The summed E-state index contributed by atoms with van der Waals surface area (Å²) in [5, 5.41) is 6.44. The molecule has 24 heavy (non-hydrogen) atoms. The Bertz CT molecular complexity index is 626. The predicted octanol–water partition coefficient (Wildman–Crippen LogP) is 0.767. The van der Waals surface area contributed by atoms with Gasteiger partial charge in [0, 0.05) is 31.1 Å². The molecular formula is C16H22N4O4. The molecule has 2 aliphatic rings. The molecule has 2 aliphatic heterocycles. The molecule has 0 aromatic carbocycles. The van der Waals surface area contributed by atoms with E-state index in [-0.39, 0.29) is 30.4 Å². The number of urea groups is 1. The summed E-state index contributed by atoms with van der Waals surface area (Å²) in [6.07, 6.45) is 2.30. The molecule has 3 rings (SSSR count). The molecule has 0 radical (unpaired) electrons. The second kappa shape index (κ2) is 6.62. The van der Waals surface area contributed by atoms with Crippen LogP contribution in [0.15, 0.2) is 4.52 Å². The third-order valence-corrected chi connectivity index (χ3v) is 4.83. The molecule has 130 valence electrons. The number of imide groups is 1. The number of amides is 4. The number of hydrogen-bond acceptors (Lipinski definition) is 5. The van der Waals surface area contributed by atoms with E-state index in [9.17, 15) is 14.4 Å². The first-order valence-corrected chi connectivity index (χ1v) is 8.26. The lowest BCUT2D eigenvalue weighted by atomic mass is 10.0. The first kappa shape index (κ1) is 16.5. The molecule has 1 N–H and O–H groups in total. The van der Waals surface area contributed by atoms with Crippen LogP contribution in [0.1, 0.15) is 36.3 Å². The normalized spacial score (nSPS) is 19.1. The summed E-state index contributed by atoms with van der Waals surface area (Å²) in [5.41, 5.74) is 1.83. The number of nitrogens with one attached hydrogen (secondary N) is 1. The van der Waals surface area contributed by atoms with Gasteiger partial charge < -0.3 is 14.7 Å². The second-order valence-electron chi connectivity index (χ2n) is 6.34. The van der Waals surface area contributed by atoms with Crippen LogP contribution in [0.4, 0.5) is 4.79 Å². The van der Waals surface area contributed by atoms with Crippen molar-refractivity contribution in [1.29, 1.82) is 0 Å². The fraction of sp³-hybridized carbons (Fsp3) is 0.625. The molecule has 0 unspecified atom stereocenters. The van der Waals surface area contributed by atoms with Crippen molar-refractivity contribution < 1.29 is 18.9 Å². The minimum atomic E-state index is -0.316. The smallest absolute Gasteiger partial charge is 0.324 e. The van der Waals surface area contributed by atoms with Gasteiger partial charge in [-0.25, -0.2) is 4.79 Å². The van der Waals surface area contributed by atoms with E-state index < -0.39 is 0 Å². The minimum Gasteiger partial charge on any atom is -0.361 e. The molecule has 0 atom stereocenters. The maximum Gasteiger partial charge on any atom is 0.324 e. The van der Waals surface area contributed by atoms with Gasteiger partial charge >= 0.3 is 6.03 Å². The van der Waals surface area contributed by atoms with Gasteiger partial charge in [-0.15, -0.1) is 0 Å². The zero-order valence-electron chi connectivity index (χ0n) is 14.0.